The number of halogens is 1. The number of carbonyl (C=O) groups is 1. The molecule has 1 saturated heterocycles. The van der Waals surface area contributed by atoms with Crippen LogP contribution in [0.25, 0.3) is 0 Å². The molecular formula is C14H18BrNO2. The number of esters is 1. The van der Waals surface area contributed by atoms with Gasteiger partial charge in [-0.1, -0.05) is 12.1 Å². The van der Waals surface area contributed by atoms with Crippen LogP contribution in [0.3, 0.4) is 0 Å². The van der Waals surface area contributed by atoms with Gasteiger partial charge in [0, 0.05) is 11.0 Å². The Morgan fingerprint density at radius 1 is 1.39 bits per heavy atom. The number of ether oxygens (including phenoxy) is 1. The van der Waals surface area contributed by atoms with Gasteiger partial charge in [0.05, 0.1) is 5.56 Å². The van der Waals surface area contributed by atoms with Gasteiger partial charge in [0.15, 0.2) is 0 Å². The lowest BCUT2D eigenvalue weighted by Crippen LogP contribution is -2.31. The van der Waals surface area contributed by atoms with Gasteiger partial charge in [-0.15, -0.1) is 0 Å². The van der Waals surface area contributed by atoms with Crippen molar-refractivity contribution in [3.05, 3.63) is 34.3 Å². The Labute approximate surface area is 116 Å². The molecule has 1 aromatic rings. The average molecular weight is 312 g/mol. The second-order valence-electron chi connectivity index (χ2n) is 4.70. The van der Waals surface area contributed by atoms with E-state index >= 15 is 0 Å². The van der Waals surface area contributed by atoms with Gasteiger partial charge in [-0.2, -0.15) is 0 Å². The second-order valence-corrected chi connectivity index (χ2v) is 5.56. The van der Waals surface area contributed by atoms with Gasteiger partial charge in [-0.3, -0.25) is 4.90 Å². The van der Waals surface area contributed by atoms with Crippen molar-refractivity contribution in [3.8, 4) is 0 Å². The quantitative estimate of drug-likeness (QED) is 0.800. The Balaban J connectivity index is 1.88. The Bertz CT molecular complexity index is 416. The number of likely N-dealkylation sites (tertiary alicyclic amines) is 1. The van der Waals surface area contributed by atoms with Crippen LogP contribution in [0.5, 0.6) is 0 Å². The van der Waals surface area contributed by atoms with E-state index in [-0.39, 0.29) is 12.1 Å². The Morgan fingerprint density at radius 3 is 2.72 bits per heavy atom. The van der Waals surface area contributed by atoms with Gasteiger partial charge in [-0.05, 0) is 60.9 Å². The third kappa shape index (κ3) is 3.56. The van der Waals surface area contributed by atoms with Crippen LogP contribution in [0.2, 0.25) is 0 Å². The number of carbonyl (C=O) groups excluding carboxylic acids is 1. The summed E-state index contributed by atoms with van der Waals surface area (Å²) in [4.78, 5) is 14.3. The minimum Gasteiger partial charge on any atom is -0.458 e. The molecule has 0 aromatic heterocycles. The molecule has 3 nitrogen and oxygen atoms in total. The highest BCUT2D eigenvalue weighted by Gasteiger charge is 2.18. The highest BCUT2D eigenvalue weighted by atomic mass is 79.9. The molecule has 0 spiro atoms. The molecule has 0 saturated carbocycles. The van der Waals surface area contributed by atoms with Crippen molar-refractivity contribution in [2.24, 2.45) is 0 Å². The number of nitrogens with zero attached hydrogens (tertiary/aromatic N) is 1. The summed E-state index contributed by atoms with van der Waals surface area (Å²) in [6, 6.07) is 7.34. The van der Waals surface area contributed by atoms with Gasteiger partial charge in [0.1, 0.15) is 6.10 Å². The molecule has 1 fully saturated rings. The van der Waals surface area contributed by atoms with E-state index < -0.39 is 0 Å². The summed E-state index contributed by atoms with van der Waals surface area (Å²) in [5.74, 6) is -0.255. The molecule has 1 atom stereocenters. The van der Waals surface area contributed by atoms with E-state index in [2.05, 4.69) is 20.8 Å². The molecule has 1 unspecified atom stereocenters. The van der Waals surface area contributed by atoms with E-state index in [0.29, 0.717) is 5.56 Å². The van der Waals surface area contributed by atoms with Gasteiger partial charge >= 0.3 is 5.97 Å². The van der Waals surface area contributed by atoms with Crippen LogP contribution in [-0.4, -0.2) is 36.6 Å². The van der Waals surface area contributed by atoms with Crippen molar-refractivity contribution in [2.75, 3.05) is 19.6 Å². The zero-order valence-electron chi connectivity index (χ0n) is 10.6. The fourth-order valence-corrected chi connectivity index (χ4v) is 2.69. The van der Waals surface area contributed by atoms with Crippen molar-refractivity contribution in [2.45, 2.75) is 25.9 Å². The second kappa shape index (κ2) is 6.34. The molecule has 0 bridgehead atoms. The van der Waals surface area contributed by atoms with Crippen LogP contribution in [0, 0.1) is 0 Å². The first kappa shape index (κ1) is 13.6. The Morgan fingerprint density at radius 2 is 2.06 bits per heavy atom. The monoisotopic (exact) mass is 311 g/mol. The summed E-state index contributed by atoms with van der Waals surface area (Å²) < 4.78 is 6.25. The largest absolute Gasteiger partial charge is 0.458 e. The smallest absolute Gasteiger partial charge is 0.339 e. The number of benzene rings is 1. The van der Waals surface area contributed by atoms with Crippen molar-refractivity contribution in [3.63, 3.8) is 0 Å². The predicted molar refractivity (Wildman–Crippen MR) is 74.7 cm³/mol. The molecule has 0 radical (unpaired) electrons. The lowest BCUT2D eigenvalue weighted by molar-refractivity contribution is 0.0270. The fraction of sp³-hybridized carbons (Fsp3) is 0.500. The maximum atomic E-state index is 12.0. The predicted octanol–water partition coefficient (Wildman–Crippen LogP) is 3.09. The molecule has 2 rings (SSSR count). The first-order valence-electron chi connectivity index (χ1n) is 6.34. The highest BCUT2D eigenvalue weighted by molar-refractivity contribution is 9.10. The first-order chi connectivity index (χ1) is 8.66. The highest BCUT2D eigenvalue weighted by Crippen LogP contribution is 2.18. The first-order valence-corrected chi connectivity index (χ1v) is 7.14. The lowest BCUT2D eigenvalue weighted by Gasteiger charge is -2.20. The molecule has 0 amide bonds. The van der Waals surface area contributed by atoms with Crippen LogP contribution in [0.15, 0.2) is 28.7 Å². The molecular weight excluding hydrogens is 294 g/mol. The summed E-state index contributed by atoms with van der Waals surface area (Å²) in [7, 11) is 0. The van der Waals surface area contributed by atoms with E-state index in [0.717, 1.165) is 24.1 Å². The van der Waals surface area contributed by atoms with Gasteiger partial charge in [0.25, 0.3) is 0 Å². The van der Waals surface area contributed by atoms with Crippen molar-refractivity contribution >= 4 is 21.9 Å². The fourth-order valence-electron chi connectivity index (χ4n) is 2.24. The van der Waals surface area contributed by atoms with Crippen LogP contribution < -0.4 is 0 Å². The summed E-state index contributed by atoms with van der Waals surface area (Å²) in [6.45, 7) is 5.02. The van der Waals surface area contributed by atoms with E-state index in [4.69, 9.17) is 4.74 Å². The average Bonchev–Trinajstić information content (AvgIpc) is 2.82. The molecule has 1 aromatic carbocycles. The standard InChI is InChI=1S/C14H18BrNO2/c1-11(10-16-8-4-5-9-16)18-14(17)12-6-2-3-7-13(12)15/h2-3,6-7,11H,4-5,8-10H2,1H3. The molecule has 1 aliphatic heterocycles. The molecule has 0 aliphatic carbocycles. The van der Waals surface area contributed by atoms with Crippen LogP contribution in [0.1, 0.15) is 30.1 Å². The summed E-state index contributed by atoms with van der Waals surface area (Å²) in [6.07, 6.45) is 2.44. The van der Waals surface area contributed by atoms with Gasteiger partial charge in [0.2, 0.25) is 0 Å². The van der Waals surface area contributed by atoms with Gasteiger partial charge < -0.3 is 4.74 Å². The van der Waals surface area contributed by atoms with Crippen molar-refractivity contribution in [1.82, 2.24) is 4.90 Å². The molecule has 4 heteroatoms. The van der Waals surface area contributed by atoms with Crippen molar-refractivity contribution in [1.29, 1.82) is 0 Å². The summed E-state index contributed by atoms with van der Waals surface area (Å²) >= 11 is 3.36. The third-order valence-corrected chi connectivity index (χ3v) is 3.81. The van der Waals surface area contributed by atoms with E-state index in [1.165, 1.54) is 12.8 Å². The van der Waals surface area contributed by atoms with E-state index in [1.807, 2.05) is 25.1 Å². The minimum atomic E-state index is -0.255. The van der Waals surface area contributed by atoms with Crippen LogP contribution >= 0.6 is 15.9 Å². The molecule has 18 heavy (non-hydrogen) atoms. The molecule has 1 aliphatic rings. The number of hydrogen-bond donors (Lipinski definition) is 0. The normalized spacial score (nSPS) is 17.7. The number of rotatable bonds is 4. The maximum absolute atomic E-state index is 12.0. The van der Waals surface area contributed by atoms with E-state index in [1.54, 1.807) is 6.07 Å². The van der Waals surface area contributed by atoms with Crippen LogP contribution in [0.4, 0.5) is 0 Å². The minimum absolute atomic E-state index is 0.0669. The van der Waals surface area contributed by atoms with Crippen LogP contribution in [-0.2, 0) is 4.74 Å². The molecule has 1 heterocycles. The van der Waals surface area contributed by atoms with Gasteiger partial charge in [-0.25, -0.2) is 4.79 Å². The lowest BCUT2D eigenvalue weighted by atomic mass is 10.2. The topological polar surface area (TPSA) is 29.5 Å². The zero-order valence-corrected chi connectivity index (χ0v) is 12.1. The SMILES string of the molecule is CC(CN1CCCC1)OC(=O)c1ccccc1Br. The summed E-state index contributed by atoms with van der Waals surface area (Å²) in [5, 5.41) is 0. The molecule has 98 valence electrons. The zero-order chi connectivity index (χ0) is 13.0. The maximum Gasteiger partial charge on any atom is 0.339 e. The third-order valence-electron chi connectivity index (χ3n) is 3.12. The Hall–Kier alpha value is -0.870. The van der Waals surface area contributed by atoms with Crippen molar-refractivity contribution < 1.29 is 9.53 Å². The number of hydrogen-bond acceptors (Lipinski definition) is 3. The summed E-state index contributed by atoms with van der Waals surface area (Å²) in [5.41, 5.74) is 0.589. The van der Waals surface area contributed by atoms with E-state index in [9.17, 15) is 4.79 Å². The Kier molecular flexibility index (Phi) is 4.78. The molecule has 0 N–H and O–H groups in total.